The summed E-state index contributed by atoms with van der Waals surface area (Å²) in [4.78, 5) is 27.9. The van der Waals surface area contributed by atoms with E-state index in [9.17, 15) is 9.59 Å². The highest BCUT2D eigenvalue weighted by Crippen LogP contribution is 2.19. The summed E-state index contributed by atoms with van der Waals surface area (Å²) in [7, 11) is 0. The Morgan fingerprint density at radius 2 is 2.36 bits per heavy atom. The lowest BCUT2D eigenvalue weighted by Gasteiger charge is -2.14. The van der Waals surface area contributed by atoms with E-state index in [0.717, 1.165) is 19.3 Å². The smallest absolute Gasteiger partial charge is 0.348 e. The molecule has 0 spiro atoms. The van der Waals surface area contributed by atoms with Crippen LogP contribution in [-0.2, 0) is 14.3 Å². The van der Waals surface area contributed by atoms with E-state index in [4.69, 9.17) is 9.47 Å². The fraction of sp³-hybridized carbons (Fsp3) is 0.667. The number of hydrogen-bond donors (Lipinski definition) is 1. The van der Waals surface area contributed by atoms with E-state index in [1.54, 1.807) is 19.2 Å². The maximum atomic E-state index is 12.0. The third kappa shape index (κ3) is 4.14. The van der Waals surface area contributed by atoms with Crippen LogP contribution in [0.2, 0.25) is 0 Å². The minimum atomic E-state index is -0.471. The maximum Gasteiger partial charge on any atom is 0.351 e. The van der Waals surface area contributed by atoms with E-state index < -0.39 is 11.9 Å². The molecule has 0 saturated carbocycles. The van der Waals surface area contributed by atoms with E-state index in [2.05, 4.69) is 17.2 Å². The Kier molecular flexibility index (Phi) is 5.68. The summed E-state index contributed by atoms with van der Waals surface area (Å²) < 4.78 is 12.1. The molecule has 0 aromatic carbocycles. The topological polar surface area (TPSA) is 82.5 Å². The predicted octanol–water partition coefficient (Wildman–Crippen LogP) is 1.90. The second kappa shape index (κ2) is 7.51. The van der Waals surface area contributed by atoms with Gasteiger partial charge in [0.15, 0.2) is 12.5 Å². The summed E-state index contributed by atoms with van der Waals surface area (Å²) in [6.07, 6.45) is 3.63. The highest BCUT2D eigenvalue weighted by molar-refractivity contribution is 5.91. The van der Waals surface area contributed by atoms with Crippen LogP contribution < -0.4 is 11.0 Å². The van der Waals surface area contributed by atoms with Gasteiger partial charge >= 0.3 is 5.69 Å². The van der Waals surface area contributed by atoms with E-state index in [-0.39, 0.29) is 23.9 Å². The zero-order chi connectivity index (χ0) is 16.1. The van der Waals surface area contributed by atoms with Crippen molar-refractivity contribution in [1.82, 2.24) is 9.55 Å². The summed E-state index contributed by atoms with van der Waals surface area (Å²) in [6.45, 7) is 6.03. The van der Waals surface area contributed by atoms with E-state index in [0.29, 0.717) is 6.61 Å². The van der Waals surface area contributed by atoms with Crippen LogP contribution in [0.3, 0.4) is 0 Å². The highest BCUT2D eigenvalue weighted by Gasteiger charge is 2.25. The number of carbonyl (C=O) groups excluding carboxylic acids is 1. The van der Waals surface area contributed by atoms with Crippen LogP contribution in [0.15, 0.2) is 17.1 Å². The molecule has 1 aliphatic rings. The summed E-state index contributed by atoms with van der Waals surface area (Å²) in [5.41, 5.74) is -0.471. The van der Waals surface area contributed by atoms with E-state index in [1.807, 2.05) is 6.92 Å². The number of nitrogens with one attached hydrogen (secondary N) is 1. The number of anilines is 1. The Hall–Kier alpha value is -1.73. The van der Waals surface area contributed by atoms with Crippen LogP contribution in [0.25, 0.3) is 0 Å². The highest BCUT2D eigenvalue weighted by atomic mass is 16.7. The van der Waals surface area contributed by atoms with Crippen molar-refractivity contribution >= 4 is 11.7 Å². The van der Waals surface area contributed by atoms with Crippen LogP contribution in [0.5, 0.6) is 0 Å². The van der Waals surface area contributed by atoms with Crippen molar-refractivity contribution in [2.45, 2.75) is 52.6 Å². The Morgan fingerprint density at radius 3 is 2.95 bits per heavy atom. The summed E-state index contributed by atoms with van der Waals surface area (Å²) in [5, 5.41) is 2.68. The largest absolute Gasteiger partial charge is 0.351 e. The monoisotopic (exact) mass is 309 g/mol. The summed E-state index contributed by atoms with van der Waals surface area (Å²) in [6, 6.07) is 1.60. The standard InChI is InChI=1S/C15H23N3O4/c1-4-5-6-10(2)14(19)16-12-7-8-18(15(20)17-12)13-9-21-11(3)22-13/h7-8,10-11,13H,4-6,9H2,1-3H3,(H,16,17,19,20)/t10?,11-,13-/m0/s1. The minimum absolute atomic E-state index is 0.100. The first-order valence-electron chi connectivity index (χ1n) is 7.68. The third-order valence-electron chi connectivity index (χ3n) is 3.65. The average molecular weight is 309 g/mol. The molecular weight excluding hydrogens is 286 g/mol. The molecule has 0 aliphatic carbocycles. The van der Waals surface area contributed by atoms with Crippen molar-refractivity contribution in [2.24, 2.45) is 5.92 Å². The second-order valence-corrected chi connectivity index (χ2v) is 5.53. The Bertz CT molecular complexity index is 572. The number of nitrogens with zero attached hydrogens (tertiary/aromatic N) is 2. The van der Waals surface area contributed by atoms with Gasteiger partial charge in [-0.25, -0.2) is 4.79 Å². The number of ether oxygens (including phenoxy) is 2. The molecule has 1 amide bonds. The lowest BCUT2D eigenvalue weighted by molar-refractivity contribution is -0.119. The van der Waals surface area contributed by atoms with Gasteiger partial charge < -0.3 is 14.8 Å². The molecule has 22 heavy (non-hydrogen) atoms. The van der Waals surface area contributed by atoms with Gasteiger partial charge in [0.05, 0.1) is 6.61 Å². The van der Waals surface area contributed by atoms with Gasteiger partial charge in [-0.05, 0) is 19.4 Å². The first kappa shape index (κ1) is 16.6. The van der Waals surface area contributed by atoms with Crippen molar-refractivity contribution in [3.8, 4) is 0 Å². The molecular formula is C15H23N3O4. The number of aromatic nitrogens is 2. The Labute approximate surface area is 129 Å². The van der Waals surface area contributed by atoms with Gasteiger partial charge in [-0.15, -0.1) is 0 Å². The predicted molar refractivity (Wildman–Crippen MR) is 81.4 cm³/mol. The molecule has 122 valence electrons. The number of rotatable bonds is 6. The molecule has 1 aromatic heterocycles. The van der Waals surface area contributed by atoms with E-state index in [1.165, 1.54) is 4.57 Å². The van der Waals surface area contributed by atoms with Crippen molar-refractivity contribution in [2.75, 3.05) is 11.9 Å². The van der Waals surface area contributed by atoms with Crippen LogP contribution >= 0.6 is 0 Å². The molecule has 2 rings (SSSR count). The van der Waals surface area contributed by atoms with Crippen LogP contribution in [0.1, 0.15) is 46.3 Å². The summed E-state index contributed by atoms with van der Waals surface area (Å²) >= 11 is 0. The van der Waals surface area contributed by atoms with Crippen LogP contribution in [-0.4, -0.2) is 28.4 Å². The van der Waals surface area contributed by atoms with Gasteiger partial charge in [0, 0.05) is 12.1 Å². The lowest BCUT2D eigenvalue weighted by Crippen LogP contribution is -2.30. The molecule has 1 unspecified atom stereocenters. The van der Waals surface area contributed by atoms with Crippen LogP contribution in [0, 0.1) is 5.92 Å². The van der Waals surface area contributed by atoms with Gasteiger partial charge in [-0.2, -0.15) is 4.98 Å². The molecule has 0 bridgehead atoms. The molecule has 1 N–H and O–H groups in total. The maximum absolute atomic E-state index is 12.0. The fourth-order valence-electron chi connectivity index (χ4n) is 2.26. The van der Waals surface area contributed by atoms with Gasteiger partial charge in [0.2, 0.25) is 5.91 Å². The third-order valence-corrected chi connectivity index (χ3v) is 3.65. The number of hydrogen-bond acceptors (Lipinski definition) is 5. The number of carbonyl (C=O) groups is 1. The van der Waals surface area contributed by atoms with Crippen molar-refractivity contribution < 1.29 is 14.3 Å². The Morgan fingerprint density at radius 1 is 1.59 bits per heavy atom. The van der Waals surface area contributed by atoms with Crippen molar-refractivity contribution in [3.05, 3.63) is 22.7 Å². The lowest BCUT2D eigenvalue weighted by atomic mass is 10.0. The Balaban J connectivity index is 2.00. The molecule has 7 heteroatoms. The fourth-order valence-corrected chi connectivity index (χ4v) is 2.26. The van der Waals surface area contributed by atoms with E-state index >= 15 is 0 Å². The normalized spacial score (nSPS) is 22.5. The van der Waals surface area contributed by atoms with Gasteiger partial charge in [0.25, 0.3) is 0 Å². The zero-order valence-electron chi connectivity index (χ0n) is 13.2. The first-order valence-corrected chi connectivity index (χ1v) is 7.68. The zero-order valence-corrected chi connectivity index (χ0v) is 13.2. The van der Waals surface area contributed by atoms with Crippen molar-refractivity contribution in [1.29, 1.82) is 0 Å². The SMILES string of the molecule is CCCCC(C)C(=O)Nc1ccn([C@@H]2CO[C@H](C)O2)c(=O)n1. The number of amides is 1. The average Bonchev–Trinajstić information content (AvgIpc) is 2.91. The van der Waals surface area contributed by atoms with Crippen LogP contribution in [0.4, 0.5) is 5.82 Å². The molecule has 1 aliphatic heterocycles. The molecule has 7 nitrogen and oxygen atoms in total. The molecule has 1 saturated heterocycles. The first-order chi connectivity index (χ1) is 10.5. The molecule has 3 atom stereocenters. The second-order valence-electron chi connectivity index (χ2n) is 5.53. The van der Waals surface area contributed by atoms with Gasteiger partial charge in [-0.1, -0.05) is 26.7 Å². The minimum Gasteiger partial charge on any atom is -0.348 e. The molecule has 1 fully saturated rings. The summed E-state index contributed by atoms with van der Waals surface area (Å²) in [5.74, 6) is 0.0466. The number of unbranched alkanes of at least 4 members (excludes halogenated alkanes) is 1. The quantitative estimate of drug-likeness (QED) is 0.868. The van der Waals surface area contributed by atoms with Crippen molar-refractivity contribution in [3.63, 3.8) is 0 Å². The van der Waals surface area contributed by atoms with Gasteiger partial charge in [0.1, 0.15) is 5.82 Å². The van der Waals surface area contributed by atoms with Gasteiger partial charge in [-0.3, -0.25) is 9.36 Å². The molecule has 0 radical (unpaired) electrons. The molecule has 2 heterocycles. The molecule has 1 aromatic rings.